The van der Waals surface area contributed by atoms with Crippen molar-refractivity contribution in [2.45, 2.75) is 23.9 Å². The number of aliphatic carboxylic acids is 1. The Bertz CT molecular complexity index is 885. The number of fused-ring (bicyclic) bond motifs is 2. The second-order valence-electron chi connectivity index (χ2n) is 5.79. The molecular formula is C15H15N3O4S2. The SMILES string of the molecule is CSc1ncn2cc(C3=C(C(=O)O)N4C(=O)[C@@H](CCO)[C@H]4C3)sc12. The van der Waals surface area contributed by atoms with E-state index in [1.807, 2.05) is 16.9 Å². The molecule has 1 saturated heterocycles. The average molecular weight is 365 g/mol. The molecule has 1 fully saturated rings. The van der Waals surface area contributed by atoms with Crippen molar-refractivity contribution in [1.29, 1.82) is 0 Å². The average Bonchev–Trinajstić information content (AvgIpc) is 3.22. The molecule has 2 aromatic rings. The highest BCUT2D eigenvalue weighted by Crippen LogP contribution is 2.48. The highest BCUT2D eigenvalue weighted by atomic mass is 32.2. The molecule has 0 bridgehead atoms. The minimum atomic E-state index is -1.08. The van der Waals surface area contributed by atoms with E-state index in [0.29, 0.717) is 18.4 Å². The van der Waals surface area contributed by atoms with Gasteiger partial charge in [0.1, 0.15) is 21.9 Å². The quantitative estimate of drug-likeness (QED) is 0.616. The summed E-state index contributed by atoms with van der Waals surface area (Å²) >= 11 is 3.03. The van der Waals surface area contributed by atoms with Crippen molar-refractivity contribution >= 4 is 45.4 Å². The first-order valence-electron chi connectivity index (χ1n) is 7.48. The molecule has 0 radical (unpaired) electrons. The summed E-state index contributed by atoms with van der Waals surface area (Å²) < 4.78 is 1.89. The fourth-order valence-electron chi connectivity index (χ4n) is 3.53. The van der Waals surface area contributed by atoms with Crippen LogP contribution >= 0.6 is 23.1 Å². The van der Waals surface area contributed by atoms with E-state index in [1.165, 1.54) is 16.2 Å². The molecular weight excluding hydrogens is 350 g/mol. The van der Waals surface area contributed by atoms with Gasteiger partial charge >= 0.3 is 5.97 Å². The maximum absolute atomic E-state index is 12.2. The highest BCUT2D eigenvalue weighted by molar-refractivity contribution is 7.98. The smallest absolute Gasteiger partial charge is 0.352 e. The number of hydrogen-bond acceptors (Lipinski definition) is 6. The molecule has 24 heavy (non-hydrogen) atoms. The lowest BCUT2D eigenvalue weighted by Crippen LogP contribution is -2.58. The molecule has 0 unspecified atom stereocenters. The number of thioether (sulfide) groups is 1. The molecule has 2 N–H and O–H groups in total. The van der Waals surface area contributed by atoms with Crippen molar-refractivity contribution in [1.82, 2.24) is 14.3 Å². The van der Waals surface area contributed by atoms with Gasteiger partial charge in [0, 0.05) is 18.4 Å². The minimum absolute atomic E-state index is 0.0653. The van der Waals surface area contributed by atoms with E-state index in [1.54, 1.807) is 18.1 Å². The van der Waals surface area contributed by atoms with Crippen LogP contribution in [0.2, 0.25) is 0 Å². The van der Waals surface area contributed by atoms with Gasteiger partial charge in [0.2, 0.25) is 5.91 Å². The summed E-state index contributed by atoms with van der Waals surface area (Å²) in [6.45, 7) is -0.0653. The van der Waals surface area contributed by atoms with Gasteiger partial charge in [0.15, 0.2) is 0 Å². The first kappa shape index (κ1) is 15.7. The molecule has 0 spiro atoms. The number of rotatable bonds is 5. The van der Waals surface area contributed by atoms with Crippen LogP contribution in [-0.4, -0.2) is 55.3 Å². The van der Waals surface area contributed by atoms with Crippen LogP contribution in [0.3, 0.4) is 0 Å². The summed E-state index contributed by atoms with van der Waals surface area (Å²) in [5, 5.41) is 19.6. The van der Waals surface area contributed by atoms with Crippen molar-refractivity contribution in [3.8, 4) is 0 Å². The molecule has 7 nitrogen and oxygen atoms in total. The van der Waals surface area contributed by atoms with Crippen LogP contribution < -0.4 is 0 Å². The molecule has 0 saturated carbocycles. The Morgan fingerprint density at radius 1 is 1.54 bits per heavy atom. The number of aliphatic hydroxyl groups excluding tert-OH is 1. The van der Waals surface area contributed by atoms with Crippen molar-refractivity contribution in [3.05, 3.63) is 23.1 Å². The third kappa shape index (κ3) is 2.04. The van der Waals surface area contributed by atoms with Crippen LogP contribution in [0.5, 0.6) is 0 Å². The Hall–Kier alpha value is -1.84. The zero-order chi connectivity index (χ0) is 17.0. The number of carboxylic acid groups (broad SMARTS) is 1. The summed E-state index contributed by atoms with van der Waals surface area (Å²) in [6.07, 6.45) is 6.44. The number of hydrogen-bond donors (Lipinski definition) is 2. The number of carbonyl (C=O) groups is 2. The van der Waals surface area contributed by atoms with Gasteiger partial charge in [-0.3, -0.25) is 9.20 Å². The van der Waals surface area contributed by atoms with E-state index in [2.05, 4.69) is 4.98 Å². The minimum Gasteiger partial charge on any atom is -0.477 e. The third-order valence-corrected chi connectivity index (χ3v) is 6.59. The molecule has 1 amide bonds. The molecule has 0 aromatic carbocycles. The maximum Gasteiger partial charge on any atom is 0.352 e. The monoisotopic (exact) mass is 365 g/mol. The van der Waals surface area contributed by atoms with Crippen LogP contribution in [0.25, 0.3) is 10.4 Å². The Morgan fingerprint density at radius 3 is 3.00 bits per heavy atom. The second-order valence-corrected chi connectivity index (χ2v) is 7.62. The number of aromatic nitrogens is 2. The van der Waals surface area contributed by atoms with E-state index in [9.17, 15) is 14.7 Å². The first-order valence-corrected chi connectivity index (χ1v) is 9.52. The van der Waals surface area contributed by atoms with Crippen LogP contribution in [-0.2, 0) is 9.59 Å². The lowest BCUT2D eigenvalue weighted by atomic mass is 9.84. The molecule has 126 valence electrons. The maximum atomic E-state index is 12.2. The molecule has 4 heterocycles. The zero-order valence-electron chi connectivity index (χ0n) is 12.8. The van der Waals surface area contributed by atoms with Gasteiger partial charge in [-0.25, -0.2) is 9.78 Å². The van der Waals surface area contributed by atoms with Gasteiger partial charge in [-0.1, -0.05) is 0 Å². The highest BCUT2D eigenvalue weighted by Gasteiger charge is 2.54. The third-order valence-electron chi connectivity index (χ3n) is 4.60. The molecule has 9 heteroatoms. The van der Waals surface area contributed by atoms with Gasteiger partial charge < -0.3 is 15.1 Å². The summed E-state index contributed by atoms with van der Waals surface area (Å²) in [5.74, 6) is -1.56. The van der Waals surface area contributed by atoms with Crippen LogP contribution in [0.1, 0.15) is 17.7 Å². The van der Waals surface area contributed by atoms with Crippen LogP contribution in [0.4, 0.5) is 0 Å². The summed E-state index contributed by atoms with van der Waals surface area (Å²) in [5.41, 5.74) is 0.782. The largest absolute Gasteiger partial charge is 0.477 e. The first-order chi connectivity index (χ1) is 11.6. The van der Waals surface area contributed by atoms with Crippen molar-refractivity contribution < 1.29 is 19.8 Å². The second kappa shape index (κ2) is 5.61. The van der Waals surface area contributed by atoms with E-state index in [-0.39, 0.29) is 30.2 Å². The molecule has 4 rings (SSSR count). The van der Waals surface area contributed by atoms with Crippen molar-refractivity contribution in [3.63, 3.8) is 0 Å². The number of nitrogens with zero attached hydrogens (tertiary/aromatic N) is 3. The number of thiazole rings is 1. The number of imidazole rings is 1. The van der Waals surface area contributed by atoms with Gasteiger partial charge in [-0.2, -0.15) is 0 Å². The number of carboxylic acids is 1. The Morgan fingerprint density at radius 2 is 2.33 bits per heavy atom. The number of aliphatic hydroxyl groups is 1. The molecule has 2 aliphatic rings. The van der Waals surface area contributed by atoms with E-state index >= 15 is 0 Å². The summed E-state index contributed by atoms with van der Waals surface area (Å²) in [7, 11) is 0. The fourth-order valence-corrected chi connectivity index (χ4v) is 5.36. The lowest BCUT2D eigenvalue weighted by Gasteiger charge is -2.43. The molecule has 2 aliphatic heterocycles. The predicted molar refractivity (Wildman–Crippen MR) is 89.8 cm³/mol. The Balaban J connectivity index is 1.76. The lowest BCUT2D eigenvalue weighted by molar-refractivity contribution is -0.155. The number of β-lactam (4-membered cyclic amide) rings is 1. The van der Waals surface area contributed by atoms with E-state index in [0.717, 1.165) is 14.7 Å². The molecule has 2 atom stereocenters. The molecule has 2 aromatic heterocycles. The Labute approximate surface area is 145 Å². The Kier molecular flexibility index (Phi) is 3.66. The zero-order valence-corrected chi connectivity index (χ0v) is 14.4. The standard InChI is InChI=1S/C15H15N3O4S2/c1-23-12-14-17(6-16-12)5-10(24-14)8-4-9-7(2-3-19)13(20)18(9)11(8)15(21)22/h5-7,9,19H,2-4H2,1H3,(H,21,22)/t7-,9+/m0/s1. The van der Waals surface area contributed by atoms with E-state index in [4.69, 9.17) is 5.11 Å². The number of amides is 1. The van der Waals surface area contributed by atoms with Gasteiger partial charge in [0.25, 0.3) is 0 Å². The summed E-state index contributed by atoms with van der Waals surface area (Å²) in [4.78, 5) is 31.5. The van der Waals surface area contributed by atoms with E-state index < -0.39 is 5.97 Å². The summed E-state index contributed by atoms with van der Waals surface area (Å²) in [6, 6.07) is -0.148. The van der Waals surface area contributed by atoms with Crippen molar-refractivity contribution in [2.75, 3.05) is 12.9 Å². The van der Waals surface area contributed by atoms with Gasteiger partial charge in [-0.05, 0) is 19.1 Å². The number of carbonyl (C=O) groups excluding carboxylic acids is 1. The fraction of sp³-hybridized carbons (Fsp3) is 0.400. The predicted octanol–water partition coefficient (Wildman–Crippen LogP) is 1.53. The molecule has 0 aliphatic carbocycles. The van der Waals surface area contributed by atoms with Crippen LogP contribution in [0.15, 0.2) is 23.2 Å². The normalized spacial score (nSPS) is 23.1. The van der Waals surface area contributed by atoms with Gasteiger partial charge in [0.05, 0.1) is 16.8 Å². The van der Waals surface area contributed by atoms with Crippen LogP contribution in [0, 0.1) is 5.92 Å². The topological polar surface area (TPSA) is 95.1 Å². The van der Waals surface area contributed by atoms with Crippen molar-refractivity contribution in [2.24, 2.45) is 5.92 Å². The van der Waals surface area contributed by atoms with Gasteiger partial charge in [-0.15, -0.1) is 23.1 Å².